The summed E-state index contributed by atoms with van der Waals surface area (Å²) in [5.41, 5.74) is 1.60. The number of quaternary nitrogens is 1. The molecule has 1 atom stereocenters. The smallest absolute Gasteiger partial charge is 0.279 e. The van der Waals surface area contributed by atoms with Crippen LogP contribution in [0.1, 0.15) is 24.1 Å². The molecule has 3 N–H and O–H groups in total. The molecular formula is C17H16F2N3O+. The highest BCUT2D eigenvalue weighted by Gasteiger charge is 2.14. The van der Waals surface area contributed by atoms with E-state index in [4.69, 9.17) is 5.26 Å². The van der Waals surface area contributed by atoms with E-state index in [0.717, 1.165) is 12.1 Å². The minimum Gasteiger partial charge on any atom is -0.333 e. The lowest BCUT2D eigenvalue weighted by atomic mass is 10.1. The summed E-state index contributed by atoms with van der Waals surface area (Å²) in [6, 6.07) is 12.1. The molecular weight excluding hydrogens is 300 g/mol. The molecule has 2 rings (SSSR count). The van der Waals surface area contributed by atoms with Gasteiger partial charge >= 0.3 is 0 Å². The van der Waals surface area contributed by atoms with Gasteiger partial charge in [0.05, 0.1) is 11.6 Å². The number of hydrogen-bond acceptors (Lipinski definition) is 2. The Morgan fingerprint density at radius 2 is 2.04 bits per heavy atom. The summed E-state index contributed by atoms with van der Waals surface area (Å²) in [7, 11) is 0. The van der Waals surface area contributed by atoms with E-state index in [1.54, 1.807) is 36.5 Å². The van der Waals surface area contributed by atoms with E-state index in [2.05, 4.69) is 5.32 Å². The lowest BCUT2D eigenvalue weighted by Gasteiger charge is -2.11. The molecule has 0 fully saturated rings. The van der Waals surface area contributed by atoms with E-state index in [-0.39, 0.29) is 18.5 Å². The zero-order valence-electron chi connectivity index (χ0n) is 12.5. The fourth-order valence-electron chi connectivity index (χ4n) is 2.09. The average Bonchev–Trinajstić information content (AvgIpc) is 2.55. The van der Waals surface area contributed by atoms with Crippen LogP contribution in [0.25, 0.3) is 0 Å². The zero-order chi connectivity index (χ0) is 16.8. The third kappa shape index (κ3) is 4.59. The van der Waals surface area contributed by atoms with Gasteiger partial charge in [-0.2, -0.15) is 5.26 Å². The fourth-order valence-corrected chi connectivity index (χ4v) is 2.09. The fraction of sp³-hybridized carbons (Fsp3) is 0.176. The molecule has 0 unspecified atom stereocenters. The topological polar surface area (TPSA) is 69.5 Å². The molecule has 4 nitrogen and oxygen atoms in total. The van der Waals surface area contributed by atoms with Gasteiger partial charge in [0.1, 0.15) is 6.04 Å². The number of nitriles is 1. The molecule has 0 spiro atoms. The first kappa shape index (κ1) is 16.6. The van der Waals surface area contributed by atoms with Crippen LogP contribution >= 0.6 is 0 Å². The second kappa shape index (κ2) is 7.47. The molecule has 1 amide bonds. The molecule has 0 aliphatic heterocycles. The molecule has 0 bridgehead atoms. The summed E-state index contributed by atoms with van der Waals surface area (Å²) in [6.07, 6.45) is 0. The Bertz CT molecular complexity index is 756. The summed E-state index contributed by atoms with van der Waals surface area (Å²) >= 11 is 0. The van der Waals surface area contributed by atoms with Crippen molar-refractivity contribution in [3.8, 4) is 6.07 Å². The second-order valence-corrected chi connectivity index (χ2v) is 5.14. The van der Waals surface area contributed by atoms with Gasteiger partial charge in [0.15, 0.2) is 18.2 Å². The van der Waals surface area contributed by atoms with Crippen LogP contribution in [-0.2, 0) is 4.79 Å². The molecule has 23 heavy (non-hydrogen) atoms. The summed E-state index contributed by atoms with van der Waals surface area (Å²) in [4.78, 5) is 11.9. The highest BCUT2D eigenvalue weighted by molar-refractivity contribution is 5.91. The minimum atomic E-state index is -0.902. The number of carbonyl (C=O) groups is 1. The quantitative estimate of drug-likeness (QED) is 0.887. The van der Waals surface area contributed by atoms with Crippen LogP contribution in [-0.4, -0.2) is 12.5 Å². The van der Waals surface area contributed by atoms with Crippen LogP contribution in [0.3, 0.4) is 0 Å². The van der Waals surface area contributed by atoms with Gasteiger partial charge in [0.25, 0.3) is 5.91 Å². The molecule has 0 aliphatic carbocycles. The molecule has 0 saturated heterocycles. The van der Waals surface area contributed by atoms with Crippen molar-refractivity contribution in [2.45, 2.75) is 13.0 Å². The zero-order valence-corrected chi connectivity index (χ0v) is 12.5. The van der Waals surface area contributed by atoms with Crippen molar-refractivity contribution in [2.75, 3.05) is 11.9 Å². The van der Waals surface area contributed by atoms with Gasteiger partial charge in [0, 0.05) is 11.3 Å². The summed E-state index contributed by atoms with van der Waals surface area (Å²) in [5.74, 6) is -2.04. The normalized spacial score (nSPS) is 11.6. The summed E-state index contributed by atoms with van der Waals surface area (Å²) in [5, 5.41) is 13.2. The van der Waals surface area contributed by atoms with Crippen LogP contribution < -0.4 is 10.6 Å². The Hall–Kier alpha value is -2.78. The van der Waals surface area contributed by atoms with Crippen LogP contribution in [0.2, 0.25) is 0 Å². The highest BCUT2D eigenvalue weighted by Crippen LogP contribution is 2.13. The molecule has 6 heteroatoms. The van der Waals surface area contributed by atoms with E-state index in [0.29, 0.717) is 16.8 Å². The van der Waals surface area contributed by atoms with Crippen molar-refractivity contribution in [1.82, 2.24) is 0 Å². The van der Waals surface area contributed by atoms with Crippen LogP contribution in [0.15, 0.2) is 42.5 Å². The van der Waals surface area contributed by atoms with Gasteiger partial charge in [0.2, 0.25) is 0 Å². The molecule has 118 valence electrons. The van der Waals surface area contributed by atoms with E-state index in [1.165, 1.54) is 6.07 Å². The number of halogens is 2. The lowest BCUT2D eigenvalue weighted by molar-refractivity contribution is -0.682. The first-order valence-electron chi connectivity index (χ1n) is 7.08. The van der Waals surface area contributed by atoms with Crippen molar-refractivity contribution in [2.24, 2.45) is 0 Å². The molecule has 0 aliphatic rings. The standard InChI is InChI=1S/C17H15F2N3O/c1-11(13-5-6-15(18)16(19)8-13)21-10-17(23)22-14-4-2-3-12(7-14)9-20/h2-8,11,21H,10H2,1H3,(H,22,23)/p+1/t11-/m0/s1. The van der Waals surface area contributed by atoms with Crippen molar-refractivity contribution in [1.29, 1.82) is 5.26 Å². The SMILES string of the molecule is C[C@H]([NH2+]CC(=O)Nc1cccc(C#N)c1)c1ccc(F)c(F)c1. The maximum atomic E-state index is 13.2. The third-order valence-corrected chi connectivity index (χ3v) is 3.40. The Morgan fingerprint density at radius 1 is 1.26 bits per heavy atom. The highest BCUT2D eigenvalue weighted by atomic mass is 19.2. The number of nitrogens with one attached hydrogen (secondary N) is 1. The van der Waals surface area contributed by atoms with Gasteiger partial charge < -0.3 is 10.6 Å². The summed E-state index contributed by atoms with van der Waals surface area (Å²) in [6.45, 7) is 1.92. The molecule has 0 aromatic heterocycles. The van der Waals surface area contributed by atoms with E-state index < -0.39 is 11.6 Å². The van der Waals surface area contributed by atoms with Crippen molar-refractivity contribution in [3.63, 3.8) is 0 Å². The Morgan fingerprint density at radius 3 is 2.74 bits per heavy atom. The lowest BCUT2D eigenvalue weighted by Crippen LogP contribution is -2.86. The molecule has 2 aromatic rings. The number of hydrogen-bond donors (Lipinski definition) is 2. The molecule has 2 aromatic carbocycles. The average molecular weight is 316 g/mol. The summed E-state index contributed by atoms with van der Waals surface area (Å²) < 4.78 is 26.1. The van der Waals surface area contributed by atoms with Gasteiger partial charge in [-0.25, -0.2) is 8.78 Å². The first-order valence-corrected chi connectivity index (χ1v) is 7.08. The Kier molecular flexibility index (Phi) is 5.39. The minimum absolute atomic E-state index is 0.122. The Labute approximate surface area is 132 Å². The van der Waals surface area contributed by atoms with E-state index >= 15 is 0 Å². The number of rotatable bonds is 5. The number of anilines is 1. The van der Waals surface area contributed by atoms with Crippen molar-refractivity contribution in [3.05, 3.63) is 65.2 Å². The van der Waals surface area contributed by atoms with Crippen molar-refractivity contribution < 1.29 is 18.9 Å². The van der Waals surface area contributed by atoms with Crippen molar-refractivity contribution >= 4 is 11.6 Å². The van der Waals surface area contributed by atoms with Crippen LogP contribution in [0.5, 0.6) is 0 Å². The van der Waals surface area contributed by atoms with E-state index in [1.807, 2.05) is 6.07 Å². The second-order valence-electron chi connectivity index (χ2n) is 5.14. The van der Waals surface area contributed by atoms with Crippen LogP contribution in [0.4, 0.5) is 14.5 Å². The van der Waals surface area contributed by atoms with E-state index in [9.17, 15) is 13.6 Å². The van der Waals surface area contributed by atoms with Crippen LogP contribution in [0, 0.1) is 23.0 Å². The number of benzene rings is 2. The number of nitrogens with zero attached hydrogens (tertiary/aromatic N) is 1. The predicted octanol–water partition coefficient (Wildman–Crippen LogP) is 2.10. The third-order valence-electron chi connectivity index (χ3n) is 3.40. The largest absolute Gasteiger partial charge is 0.333 e. The molecule has 0 heterocycles. The maximum absolute atomic E-state index is 13.2. The number of amides is 1. The molecule has 0 saturated carbocycles. The number of nitrogens with two attached hydrogens (primary N) is 1. The van der Waals surface area contributed by atoms with Gasteiger partial charge in [-0.1, -0.05) is 6.07 Å². The molecule has 0 radical (unpaired) electrons. The Balaban J connectivity index is 1.90. The first-order chi connectivity index (χ1) is 11.0. The van der Waals surface area contributed by atoms with Gasteiger partial charge in [-0.15, -0.1) is 0 Å². The predicted molar refractivity (Wildman–Crippen MR) is 81.4 cm³/mol. The van der Waals surface area contributed by atoms with Gasteiger partial charge in [-0.05, 0) is 43.3 Å². The monoisotopic (exact) mass is 316 g/mol. The number of carbonyl (C=O) groups excluding carboxylic acids is 1. The maximum Gasteiger partial charge on any atom is 0.279 e. The van der Waals surface area contributed by atoms with Gasteiger partial charge in [-0.3, -0.25) is 4.79 Å².